The predicted molar refractivity (Wildman–Crippen MR) is 48.5 cm³/mol. The summed E-state index contributed by atoms with van der Waals surface area (Å²) in [6.07, 6.45) is 0.402. The Morgan fingerprint density at radius 1 is 1.50 bits per heavy atom. The van der Waals surface area contributed by atoms with E-state index < -0.39 is 5.82 Å². The molecule has 3 N–H and O–H groups in total. The average molecular weight is 201 g/mol. The minimum atomic E-state index is -0.595. The number of ether oxygens (including phenoxy) is 1. The lowest BCUT2D eigenvalue weighted by Gasteiger charge is -2.08. The molecule has 0 saturated heterocycles. The third kappa shape index (κ3) is 2.12. The van der Waals surface area contributed by atoms with Crippen molar-refractivity contribution < 1.29 is 19.1 Å². The van der Waals surface area contributed by atoms with E-state index in [2.05, 4.69) is 4.84 Å². The SMILES string of the molecule is COc1c(F)ccc(CCON)c1O. The van der Waals surface area contributed by atoms with E-state index in [1.165, 1.54) is 19.2 Å². The number of methoxy groups -OCH3 is 1. The molecular formula is C9H12FNO3. The van der Waals surface area contributed by atoms with Crippen LogP contribution in [0.5, 0.6) is 11.5 Å². The maximum Gasteiger partial charge on any atom is 0.196 e. The average Bonchev–Trinajstić information content (AvgIpc) is 2.18. The van der Waals surface area contributed by atoms with Crippen LogP contribution in [0.2, 0.25) is 0 Å². The molecule has 0 heterocycles. The van der Waals surface area contributed by atoms with Crippen LogP contribution in [-0.2, 0) is 11.3 Å². The molecule has 78 valence electrons. The zero-order valence-electron chi connectivity index (χ0n) is 7.79. The Kier molecular flexibility index (Phi) is 3.67. The Morgan fingerprint density at radius 3 is 2.79 bits per heavy atom. The summed E-state index contributed by atoms with van der Waals surface area (Å²) in [7, 11) is 1.29. The van der Waals surface area contributed by atoms with Gasteiger partial charge in [0.05, 0.1) is 13.7 Å². The summed E-state index contributed by atoms with van der Waals surface area (Å²) in [5.74, 6) is 3.89. The summed E-state index contributed by atoms with van der Waals surface area (Å²) in [5.41, 5.74) is 0.536. The molecule has 0 aliphatic rings. The summed E-state index contributed by atoms with van der Waals surface area (Å²) in [4.78, 5) is 4.36. The van der Waals surface area contributed by atoms with Crippen LogP contribution >= 0.6 is 0 Å². The van der Waals surface area contributed by atoms with E-state index >= 15 is 0 Å². The number of hydrogen-bond acceptors (Lipinski definition) is 4. The van der Waals surface area contributed by atoms with Crippen molar-refractivity contribution in [1.82, 2.24) is 0 Å². The van der Waals surface area contributed by atoms with E-state index in [4.69, 9.17) is 10.6 Å². The van der Waals surface area contributed by atoms with Gasteiger partial charge in [-0.25, -0.2) is 10.3 Å². The highest BCUT2D eigenvalue weighted by Gasteiger charge is 2.12. The molecule has 5 heteroatoms. The summed E-state index contributed by atoms with van der Waals surface area (Å²) in [6.45, 7) is 0.252. The van der Waals surface area contributed by atoms with Crippen molar-refractivity contribution in [3.05, 3.63) is 23.5 Å². The predicted octanol–water partition coefficient (Wildman–Crippen LogP) is 0.973. The van der Waals surface area contributed by atoms with Gasteiger partial charge in [-0.15, -0.1) is 0 Å². The van der Waals surface area contributed by atoms with Gasteiger partial charge in [0.25, 0.3) is 0 Å². The minimum absolute atomic E-state index is 0.153. The first-order valence-corrected chi connectivity index (χ1v) is 4.06. The van der Waals surface area contributed by atoms with Gasteiger partial charge in [0.1, 0.15) is 0 Å². The molecule has 0 amide bonds. The minimum Gasteiger partial charge on any atom is -0.504 e. The number of rotatable bonds is 4. The topological polar surface area (TPSA) is 64.7 Å². The van der Waals surface area contributed by atoms with Crippen LogP contribution in [-0.4, -0.2) is 18.8 Å². The van der Waals surface area contributed by atoms with Crippen LogP contribution in [0.3, 0.4) is 0 Å². The second kappa shape index (κ2) is 4.78. The molecule has 4 nitrogen and oxygen atoms in total. The van der Waals surface area contributed by atoms with Gasteiger partial charge in [-0.05, 0) is 6.07 Å². The number of phenols is 1. The third-order valence-corrected chi connectivity index (χ3v) is 1.86. The van der Waals surface area contributed by atoms with Gasteiger partial charge in [-0.2, -0.15) is 0 Å². The second-order valence-corrected chi connectivity index (χ2v) is 2.71. The molecule has 0 radical (unpaired) electrons. The number of aromatic hydroxyl groups is 1. The Labute approximate surface area is 81.0 Å². The summed E-state index contributed by atoms with van der Waals surface area (Å²) in [5, 5.41) is 9.53. The van der Waals surface area contributed by atoms with Crippen LogP contribution in [0.15, 0.2) is 12.1 Å². The largest absolute Gasteiger partial charge is 0.504 e. The van der Waals surface area contributed by atoms with Crippen LogP contribution in [0.1, 0.15) is 5.56 Å². The van der Waals surface area contributed by atoms with Crippen LogP contribution < -0.4 is 10.6 Å². The maximum absolute atomic E-state index is 13.0. The Bertz CT molecular complexity index is 317. The lowest BCUT2D eigenvalue weighted by Crippen LogP contribution is -2.04. The number of nitrogens with two attached hydrogens (primary N) is 1. The molecule has 0 bridgehead atoms. The molecule has 0 atom stereocenters. The smallest absolute Gasteiger partial charge is 0.196 e. The molecule has 0 aromatic heterocycles. The van der Waals surface area contributed by atoms with E-state index in [-0.39, 0.29) is 18.1 Å². The summed E-state index contributed by atoms with van der Waals surface area (Å²) in [6, 6.07) is 2.69. The standard InChI is InChI=1S/C9H12FNO3/c1-13-9-7(10)3-2-6(8(9)12)4-5-14-11/h2-3,12H,4-5,11H2,1H3. The van der Waals surface area contributed by atoms with E-state index in [1.54, 1.807) is 0 Å². The van der Waals surface area contributed by atoms with Gasteiger partial charge in [-0.1, -0.05) is 6.07 Å². The van der Waals surface area contributed by atoms with Gasteiger partial charge < -0.3 is 14.7 Å². The van der Waals surface area contributed by atoms with Gasteiger partial charge in [-0.3, -0.25) is 0 Å². The van der Waals surface area contributed by atoms with Crippen molar-refractivity contribution in [2.75, 3.05) is 13.7 Å². The lowest BCUT2D eigenvalue weighted by atomic mass is 10.1. The van der Waals surface area contributed by atoms with Crippen molar-refractivity contribution in [3.63, 3.8) is 0 Å². The van der Waals surface area contributed by atoms with Crippen molar-refractivity contribution in [1.29, 1.82) is 0 Å². The summed E-state index contributed by atoms with van der Waals surface area (Å²) >= 11 is 0. The Hall–Kier alpha value is -1.33. The molecule has 0 fully saturated rings. The van der Waals surface area contributed by atoms with E-state index in [9.17, 15) is 9.50 Å². The molecule has 0 aliphatic carbocycles. The monoisotopic (exact) mass is 201 g/mol. The van der Waals surface area contributed by atoms with Gasteiger partial charge in [0.15, 0.2) is 17.3 Å². The molecule has 1 rings (SSSR count). The molecule has 14 heavy (non-hydrogen) atoms. The molecular weight excluding hydrogens is 189 g/mol. The molecule has 1 aromatic carbocycles. The van der Waals surface area contributed by atoms with E-state index in [1.807, 2.05) is 0 Å². The molecule has 0 aliphatic heterocycles. The quantitative estimate of drug-likeness (QED) is 0.712. The zero-order valence-corrected chi connectivity index (χ0v) is 7.79. The van der Waals surface area contributed by atoms with Crippen LogP contribution in [0.25, 0.3) is 0 Å². The number of hydrogen-bond donors (Lipinski definition) is 2. The van der Waals surface area contributed by atoms with Crippen molar-refractivity contribution >= 4 is 0 Å². The highest BCUT2D eigenvalue weighted by Crippen LogP contribution is 2.32. The fourth-order valence-electron chi connectivity index (χ4n) is 1.15. The first kappa shape index (κ1) is 10.7. The Morgan fingerprint density at radius 2 is 2.21 bits per heavy atom. The fourth-order valence-corrected chi connectivity index (χ4v) is 1.15. The third-order valence-electron chi connectivity index (χ3n) is 1.86. The van der Waals surface area contributed by atoms with Crippen LogP contribution in [0.4, 0.5) is 4.39 Å². The van der Waals surface area contributed by atoms with E-state index in [0.717, 1.165) is 0 Å². The van der Waals surface area contributed by atoms with Gasteiger partial charge in [0, 0.05) is 12.0 Å². The normalized spacial score (nSPS) is 10.2. The number of benzene rings is 1. The van der Waals surface area contributed by atoms with Gasteiger partial charge in [0.2, 0.25) is 0 Å². The molecule has 0 spiro atoms. The number of halogens is 1. The fraction of sp³-hybridized carbons (Fsp3) is 0.333. The van der Waals surface area contributed by atoms with Crippen LogP contribution in [0, 0.1) is 5.82 Å². The Balaban J connectivity index is 2.96. The zero-order chi connectivity index (χ0) is 10.6. The van der Waals surface area contributed by atoms with Crippen molar-refractivity contribution in [3.8, 4) is 11.5 Å². The first-order valence-electron chi connectivity index (χ1n) is 4.06. The van der Waals surface area contributed by atoms with Crippen molar-refractivity contribution in [2.45, 2.75) is 6.42 Å². The molecule has 0 saturated carbocycles. The highest BCUT2D eigenvalue weighted by molar-refractivity contribution is 5.46. The first-order chi connectivity index (χ1) is 6.70. The molecule has 0 unspecified atom stereocenters. The maximum atomic E-state index is 13.0. The van der Waals surface area contributed by atoms with Gasteiger partial charge >= 0.3 is 0 Å². The second-order valence-electron chi connectivity index (χ2n) is 2.71. The summed E-state index contributed by atoms with van der Waals surface area (Å²) < 4.78 is 17.7. The van der Waals surface area contributed by atoms with E-state index in [0.29, 0.717) is 12.0 Å². The lowest BCUT2D eigenvalue weighted by molar-refractivity contribution is 0.140. The number of phenolic OH excluding ortho intramolecular Hbond substituents is 1. The molecule has 1 aromatic rings. The van der Waals surface area contributed by atoms with Crippen molar-refractivity contribution in [2.24, 2.45) is 5.90 Å². The highest BCUT2D eigenvalue weighted by atomic mass is 19.1.